The van der Waals surface area contributed by atoms with Crippen molar-refractivity contribution >= 4 is 31.7 Å². The molecule has 3 aromatic rings. The van der Waals surface area contributed by atoms with Gasteiger partial charge in [0.05, 0.1) is 18.0 Å². The van der Waals surface area contributed by atoms with Crippen LogP contribution in [0.15, 0.2) is 93.5 Å². The molecule has 188 valence electrons. The average Bonchev–Trinajstić information content (AvgIpc) is 3.30. The quantitative estimate of drug-likeness (QED) is 0.349. The van der Waals surface area contributed by atoms with Gasteiger partial charge < -0.3 is 5.32 Å². The highest BCUT2D eigenvalue weighted by molar-refractivity contribution is 7.90. The molecular weight excluding hydrogens is 507 g/mol. The molecule has 1 aromatic heterocycles. The van der Waals surface area contributed by atoms with Crippen molar-refractivity contribution in [3.8, 4) is 0 Å². The predicted molar refractivity (Wildman–Crippen MR) is 134 cm³/mol. The molecule has 36 heavy (non-hydrogen) atoms. The molecule has 2 aromatic carbocycles. The lowest BCUT2D eigenvalue weighted by atomic mass is 9.91. The Morgan fingerprint density at radius 1 is 1.06 bits per heavy atom. The third-order valence-corrected chi connectivity index (χ3v) is 7.33. The van der Waals surface area contributed by atoms with Gasteiger partial charge in [-0.25, -0.2) is 23.0 Å². The van der Waals surface area contributed by atoms with Gasteiger partial charge in [-0.15, -0.1) is 4.40 Å². The van der Waals surface area contributed by atoms with Crippen LogP contribution in [0.4, 0.5) is 4.39 Å². The number of nitrogens with two attached hydrogens (primary N) is 1. The van der Waals surface area contributed by atoms with Crippen LogP contribution in [-0.4, -0.2) is 57.3 Å². The van der Waals surface area contributed by atoms with Crippen LogP contribution < -0.4 is 10.5 Å². The third kappa shape index (κ3) is 6.30. The maximum Gasteiger partial charge on any atom is 0.287 e. The van der Waals surface area contributed by atoms with Gasteiger partial charge >= 0.3 is 0 Å². The fourth-order valence-corrected chi connectivity index (χ4v) is 4.93. The van der Waals surface area contributed by atoms with Gasteiger partial charge in [-0.1, -0.05) is 42.5 Å². The van der Waals surface area contributed by atoms with E-state index >= 15 is 0 Å². The van der Waals surface area contributed by atoms with E-state index in [2.05, 4.69) is 19.8 Å². The lowest BCUT2D eigenvalue weighted by Crippen LogP contribution is -2.41. The number of sulfonamides is 2. The number of primary sulfonamides is 1. The molecule has 10 nitrogen and oxygen atoms in total. The van der Waals surface area contributed by atoms with Crippen LogP contribution in [-0.2, 0) is 20.0 Å². The first-order chi connectivity index (χ1) is 17.1. The monoisotopic (exact) mass is 530 g/mol. The molecule has 0 aliphatic carbocycles. The number of rotatable bonds is 7. The summed E-state index contributed by atoms with van der Waals surface area (Å²) in [7, 11) is -8.03. The van der Waals surface area contributed by atoms with Crippen molar-refractivity contribution in [3.63, 3.8) is 0 Å². The van der Waals surface area contributed by atoms with Gasteiger partial charge in [-0.2, -0.15) is 13.5 Å². The Balaban J connectivity index is 1.76. The number of nitrogens with zero attached hydrogens (tertiary/aromatic N) is 4. The van der Waals surface area contributed by atoms with Gasteiger partial charge in [0.1, 0.15) is 10.7 Å². The Morgan fingerprint density at radius 2 is 1.78 bits per heavy atom. The average molecular weight is 531 g/mol. The summed E-state index contributed by atoms with van der Waals surface area (Å²) in [5.74, 6) is -1.34. The fourth-order valence-electron chi connectivity index (χ4n) is 3.60. The smallest absolute Gasteiger partial charge is 0.287 e. The molecule has 1 aliphatic heterocycles. The van der Waals surface area contributed by atoms with E-state index in [9.17, 15) is 21.2 Å². The van der Waals surface area contributed by atoms with Crippen molar-refractivity contribution in [2.75, 3.05) is 18.8 Å². The van der Waals surface area contributed by atoms with Crippen LogP contribution in [0.5, 0.6) is 0 Å². The van der Waals surface area contributed by atoms with Crippen LogP contribution in [0.25, 0.3) is 0 Å². The second-order valence-corrected chi connectivity index (χ2v) is 11.2. The number of guanidine groups is 1. The highest BCUT2D eigenvalue weighted by Gasteiger charge is 2.32. The summed E-state index contributed by atoms with van der Waals surface area (Å²) in [6, 6.07) is 18.0. The van der Waals surface area contributed by atoms with Crippen LogP contribution in [0.3, 0.4) is 0 Å². The molecule has 0 spiro atoms. The molecule has 1 atom stereocenters. The molecule has 0 saturated heterocycles. The molecule has 0 amide bonds. The maximum absolute atomic E-state index is 13.6. The molecule has 0 fully saturated rings. The Labute approximate surface area is 208 Å². The second kappa shape index (κ2) is 10.5. The van der Waals surface area contributed by atoms with Crippen LogP contribution in [0, 0.1) is 5.82 Å². The Kier molecular flexibility index (Phi) is 7.43. The van der Waals surface area contributed by atoms with E-state index in [1.165, 1.54) is 35.5 Å². The van der Waals surface area contributed by atoms with Crippen molar-refractivity contribution in [1.29, 1.82) is 0 Å². The Bertz CT molecular complexity index is 1480. The van der Waals surface area contributed by atoms with Crippen molar-refractivity contribution in [3.05, 3.63) is 96.1 Å². The summed E-state index contributed by atoms with van der Waals surface area (Å²) in [5, 5.41) is 13.8. The molecule has 0 unspecified atom stereocenters. The minimum Gasteiger partial charge on any atom is -0.353 e. The molecule has 3 N–H and O–H groups in total. The van der Waals surface area contributed by atoms with E-state index in [4.69, 9.17) is 5.14 Å². The summed E-state index contributed by atoms with van der Waals surface area (Å²) >= 11 is 0. The summed E-state index contributed by atoms with van der Waals surface area (Å²) in [5.41, 5.74) is 2.12. The number of aromatic nitrogens is 1. The van der Waals surface area contributed by atoms with E-state index < -0.39 is 31.6 Å². The standard InChI is InChI=1S/C23H23FN6O4S2/c24-19-10-8-18(9-11-19)22-21(17-5-2-1-3-6-17)16-30(28-22)23(27-13-14-35(25,31)32)29-36(33,34)20-7-4-12-26-15-20/h1-12,15,21H,13-14,16H2,(H,27,29)(H2,25,31,32)/t21-/m1/s1. The topological polar surface area (TPSA) is 147 Å². The highest BCUT2D eigenvalue weighted by atomic mass is 32.2. The first kappa shape index (κ1) is 25.4. The number of benzene rings is 2. The minimum absolute atomic E-state index is 0.141. The van der Waals surface area contributed by atoms with Crippen molar-refractivity contribution in [2.24, 2.45) is 14.6 Å². The van der Waals surface area contributed by atoms with Crippen LogP contribution >= 0.6 is 0 Å². The normalized spacial score (nSPS) is 16.6. The third-order valence-electron chi connectivity index (χ3n) is 5.31. The zero-order chi connectivity index (χ0) is 25.8. The van der Waals surface area contributed by atoms with Gasteiger partial charge in [0, 0.05) is 24.9 Å². The first-order valence-electron chi connectivity index (χ1n) is 10.8. The number of pyridine rings is 1. The number of hydrogen-bond acceptors (Lipinski definition) is 6. The first-order valence-corrected chi connectivity index (χ1v) is 13.9. The van der Waals surface area contributed by atoms with Crippen molar-refractivity contribution in [2.45, 2.75) is 10.8 Å². The molecule has 0 radical (unpaired) electrons. The van der Waals surface area contributed by atoms with Crippen LogP contribution in [0.1, 0.15) is 17.0 Å². The van der Waals surface area contributed by atoms with E-state index in [-0.39, 0.29) is 29.9 Å². The van der Waals surface area contributed by atoms with Crippen molar-refractivity contribution in [1.82, 2.24) is 15.3 Å². The summed E-state index contributed by atoms with van der Waals surface area (Å²) in [6.07, 6.45) is 2.59. The van der Waals surface area contributed by atoms with Crippen molar-refractivity contribution < 1.29 is 21.2 Å². The summed E-state index contributed by atoms with van der Waals surface area (Å²) < 4.78 is 66.3. The largest absolute Gasteiger partial charge is 0.353 e. The molecule has 0 saturated carbocycles. The lowest BCUT2D eigenvalue weighted by Gasteiger charge is -2.19. The molecule has 13 heteroatoms. The number of hydrogen-bond donors (Lipinski definition) is 2. The van der Waals surface area contributed by atoms with Gasteiger partial charge in [0.25, 0.3) is 10.0 Å². The lowest BCUT2D eigenvalue weighted by molar-refractivity contribution is 0.456. The zero-order valence-electron chi connectivity index (χ0n) is 18.9. The Morgan fingerprint density at radius 3 is 2.42 bits per heavy atom. The van der Waals surface area contributed by atoms with E-state index in [0.29, 0.717) is 11.3 Å². The van der Waals surface area contributed by atoms with E-state index in [0.717, 1.165) is 11.8 Å². The molecule has 4 rings (SSSR count). The predicted octanol–water partition coefficient (Wildman–Crippen LogP) is 1.65. The number of halogens is 1. The van der Waals surface area contributed by atoms with Gasteiger partial charge in [-0.3, -0.25) is 4.98 Å². The molecule has 0 bridgehead atoms. The molecule has 1 aliphatic rings. The SMILES string of the molecule is NS(=O)(=O)CCNC(=NS(=O)(=O)c1cccnc1)N1C[C@H](c2ccccc2)C(c2ccc(F)cc2)=N1. The minimum atomic E-state index is -4.21. The molecule has 2 heterocycles. The van der Waals surface area contributed by atoms with E-state index in [1.807, 2.05) is 30.3 Å². The zero-order valence-corrected chi connectivity index (χ0v) is 20.5. The summed E-state index contributed by atoms with van der Waals surface area (Å²) in [6.45, 7) is -0.00533. The van der Waals surface area contributed by atoms with Gasteiger partial charge in [-0.05, 0) is 35.4 Å². The highest BCUT2D eigenvalue weighted by Crippen LogP contribution is 2.29. The van der Waals surface area contributed by atoms with E-state index in [1.54, 1.807) is 12.1 Å². The Hall–Kier alpha value is -3.68. The molecular formula is C23H23FN6O4S2. The van der Waals surface area contributed by atoms with Crippen LogP contribution in [0.2, 0.25) is 0 Å². The van der Waals surface area contributed by atoms with Gasteiger partial charge in [0.15, 0.2) is 0 Å². The summed E-state index contributed by atoms with van der Waals surface area (Å²) in [4.78, 5) is 3.68. The number of hydrazone groups is 1. The maximum atomic E-state index is 13.6. The number of nitrogens with one attached hydrogen (secondary N) is 1. The van der Waals surface area contributed by atoms with Gasteiger partial charge in [0.2, 0.25) is 16.0 Å². The fraction of sp³-hybridized carbons (Fsp3) is 0.174. The second-order valence-electron chi connectivity index (χ2n) is 7.91.